The Morgan fingerprint density at radius 3 is 2.86 bits per heavy atom. The Kier molecular flexibility index (Phi) is 5.50. The summed E-state index contributed by atoms with van der Waals surface area (Å²) in [6.07, 6.45) is 1.80. The molecule has 2 aliphatic rings. The lowest BCUT2D eigenvalue weighted by atomic mass is 10.1. The predicted molar refractivity (Wildman–Crippen MR) is 103 cm³/mol. The van der Waals surface area contributed by atoms with E-state index in [0.717, 1.165) is 11.3 Å². The second-order valence-electron chi connectivity index (χ2n) is 6.59. The van der Waals surface area contributed by atoms with Gasteiger partial charge in [-0.1, -0.05) is 36.4 Å². The number of benzene rings is 1. The van der Waals surface area contributed by atoms with Crippen molar-refractivity contribution in [2.24, 2.45) is 0 Å². The van der Waals surface area contributed by atoms with Crippen LogP contribution in [0.4, 0.5) is 10.7 Å². The number of carbonyl (C=O) groups excluding carboxylic acids is 1. The highest BCUT2D eigenvalue weighted by Gasteiger charge is 2.49. The molecule has 2 aromatic rings. The number of hydrogen-bond donors (Lipinski definition) is 2. The number of anilines is 1. The molecule has 1 amide bonds. The normalized spacial score (nSPS) is 25.7. The molecule has 0 radical (unpaired) electrons. The van der Waals surface area contributed by atoms with Crippen LogP contribution < -0.4 is 10.6 Å². The lowest BCUT2D eigenvalue weighted by molar-refractivity contribution is 0.00475. The molecule has 4 rings (SSSR count). The minimum Gasteiger partial charge on any atom is -0.441 e. The smallest absolute Gasteiger partial charge is 0.407 e. The molecular weight excluding hydrogens is 360 g/mol. The average molecular weight is 382 g/mol. The zero-order chi connectivity index (χ0) is 19.3. The first-order chi connectivity index (χ1) is 13.7. The SMILES string of the molecule is C=CCNC(=O)O[C@H]1CO[C@@H]2[C@@H]1OC[C@@H]2Nc1nccc(-c2ccccc2)n1. The number of carbonyl (C=O) groups is 1. The molecule has 2 saturated heterocycles. The van der Waals surface area contributed by atoms with Crippen LogP contribution >= 0.6 is 0 Å². The summed E-state index contributed by atoms with van der Waals surface area (Å²) in [5.41, 5.74) is 1.85. The summed E-state index contributed by atoms with van der Waals surface area (Å²) in [6.45, 7) is 4.61. The van der Waals surface area contributed by atoms with Crippen molar-refractivity contribution < 1.29 is 19.0 Å². The molecule has 2 fully saturated rings. The monoisotopic (exact) mass is 382 g/mol. The van der Waals surface area contributed by atoms with Gasteiger partial charge in [-0.05, 0) is 6.07 Å². The number of nitrogens with one attached hydrogen (secondary N) is 2. The summed E-state index contributed by atoms with van der Waals surface area (Å²) in [4.78, 5) is 20.7. The number of ether oxygens (including phenoxy) is 3. The van der Waals surface area contributed by atoms with E-state index in [1.54, 1.807) is 12.3 Å². The number of fused-ring (bicyclic) bond motifs is 1. The van der Waals surface area contributed by atoms with Crippen molar-refractivity contribution in [1.82, 2.24) is 15.3 Å². The first-order valence-corrected chi connectivity index (χ1v) is 9.18. The van der Waals surface area contributed by atoms with E-state index in [2.05, 4.69) is 27.2 Å². The fraction of sp³-hybridized carbons (Fsp3) is 0.350. The predicted octanol–water partition coefficient (Wildman–Crippen LogP) is 2.00. The van der Waals surface area contributed by atoms with Gasteiger partial charge in [-0.3, -0.25) is 0 Å². The van der Waals surface area contributed by atoms with Crippen LogP contribution in [0.1, 0.15) is 0 Å². The second-order valence-corrected chi connectivity index (χ2v) is 6.59. The minimum atomic E-state index is -0.506. The van der Waals surface area contributed by atoms with Gasteiger partial charge in [-0.15, -0.1) is 6.58 Å². The summed E-state index contributed by atoms with van der Waals surface area (Å²) in [7, 11) is 0. The van der Waals surface area contributed by atoms with Crippen LogP contribution in [0, 0.1) is 0 Å². The van der Waals surface area contributed by atoms with Gasteiger partial charge in [-0.25, -0.2) is 14.8 Å². The molecule has 2 aliphatic heterocycles. The Morgan fingerprint density at radius 1 is 1.21 bits per heavy atom. The number of aromatic nitrogens is 2. The third kappa shape index (κ3) is 3.97. The quantitative estimate of drug-likeness (QED) is 0.738. The Labute approximate surface area is 162 Å². The van der Waals surface area contributed by atoms with E-state index < -0.39 is 12.2 Å². The molecule has 28 heavy (non-hydrogen) atoms. The van der Waals surface area contributed by atoms with Crippen LogP contribution in [0.15, 0.2) is 55.3 Å². The van der Waals surface area contributed by atoms with Crippen LogP contribution in [0.2, 0.25) is 0 Å². The summed E-state index contributed by atoms with van der Waals surface area (Å²) in [6, 6.07) is 11.6. The minimum absolute atomic E-state index is 0.124. The average Bonchev–Trinajstić information content (AvgIpc) is 3.31. The molecule has 1 aromatic heterocycles. The van der Waals surface area contributed by atoms with Crippen LogP contribution in [-0.4, -0.2) is 60.2 Å². The number of amides is 1. The highest BCUT2D eigenvalue weighted by Crippen LogP contribution is 2.30. The topological polar surface area (TPSA) is 94.6 Å². The van der Waals surface area contributed by atoms with Gasteiger partial charge in [-0.2, -0.15) is 0 Å². The Bertz CT molecular complexity index is 832. The van der Waals surface area contributed by atoms with Gasteiger partial charge in [0.1, 0.15) is 12.2 Å². The summed E-state index contributed by atoms with van der Waals surface area (Å²) in [5.74, 6) is 0.507. The molecule has 146 valence electrons. The van der Waals surface area contributed by atoms with Crippen molar-refractivity contribution >= 4 is 12.0 Å². The van der Waals surface area contributed by atoms with Crippen molar-refractivity contribution in [3.05, 3.63) is 55.3 Å². The fourth-order valence-corrected chi connectivity index (χ4v) is 3.39. The fourth-order valence-electron chi connectivity index (χ4n) is 3.39. The van der Waals surface area contributed by atoms with Gasteiger partial charge in [0.25, 0.3) is 0 Å². The van der Waals surface area contributed by atoms with Gasteiger partial charge in [0.05, 0.1) is 24.9 Å². The van der Waals surface area contributed by atoms with Crippen LogP contribution in [0.3, 0.4) is 0 Å². The van der Waals surface area contributed by atoms with Gasteiger partial charge < -0.3 is 24.8 Å². The summed E-state index contributed by atoms with van der Waals surface area (Å²) < 4.78 is 17.0. The Morgan fingerprint density at radius 2 is 2.04 bits per heavy atom. The molecule has 8 nitrogen and oxygen atoms in total. The van der Waals surface area contributed by atoms with Gasteiger partial charge in [0.15, 0.2) is 6.10 Å². The molecule has 2 N–H and O–H groups in total. The lowest BCUT2D eigenvalue weighted by Gasteiger charge is -2.18. The summed E-state index contributed by atoms with van der Waals surface area (Å²) in [5, 5.41) is 5.87. The maximum absolute atomic E-state index is 11.8. The van der Waals surface area contributed by atoms with E-state index in [1.165, 1.54) is 0 Å². The van der Waals surface area contributed by atoms with E-state index >= 15 is 0 Å². The molecule has 0 saturated carbocycles. The Hall–Kier alpha value is -2.97. The number of alkyl carbamates (subject to hydrolysis) is 1. The zero-order valence-corrected chi connectivity index (χ0v) is 15.3. The molecule has 4 atom stereocenters. The largest absolute Gasteiger partial charge is 0.441 e. The maximum atomic E-state index is 11.8. The number of rotatable bonds is 6. The van der Waals surface area contributed by atoms with Crippen LogP contribution in [0.5, 0.6) is 0 Å². The summed E-state index contributed by atoms with van der Waals surface area (Å²) >= 11 is 0. The molecule has 0 unspecified atom stereocenters. The molecule has 0 bridgehead atoms. The number of hydrogen-bond acceptors (Lipinski definition) is 7. The second kappa shape index (κ2) is 8.37. The lowest BCUT2D eigenvalue weighted by Crippen LogP contribution is -2.39. The zero-order valence-electron chi connectivity index (χ0n) is 15.3. The molecule has 3 heterocycles. The molecule has 0 aliphatic carbocycles. The van der Waals surface area contributed by atoms with Crippen molar-refractivity contribution in [2.75, 3.05) is 25.1 Å². The van der Waals surface area contributed by atoms with E-state index in [4.69, 9.17) is 14.2 Å². The van der Waals surface area contributed by atoms with Crippen molar-refractivity contribution in [3.63, 3.8) is 0 Å². The van der Waals surface area contributed by atoms with Gasteiger partial charge in [0.2, 0.25) is 5.95 Å². The Balaban J connectivity index is 1.38. The standard InChI is InChI=1S/C20H22N4O4/c1-2-9-22-20(25)28-16-12-27-17-15(11-26-18(16)17)24-19-21-10-8-14(23-19)13-6-4-3-5-7-13/h2-8,10,15-18H,1,9,11-12H2,(H,22,25)(H,21,23,24)/t15-,16-,17-,18+/m0/s1. The first kappa shape index (κ1) is 18.4. The van der Waals surface area contributed by atoms with Crippen LogP contribution in [-0.2, 0) is 14.2 Å². The highest BCUT2D eigenvalue weighted by atomic mass is 16.6. The van der Waals surface area contributed by atoms with Gasteiger partial charge in [0, 0.05) is 18.3 Å². The van der Waals surface area contributed by atoms with Gasteiger partial charge >= 0.3 is 6.09 Å². The van der Waals surface area contributed by atoms with Crippen molar-refractivity contribution in [2.45, 2.75) is 24.4 Å². The van der Waals surface area contributed by atoms with E-state index in [9.17, 15) is 4.79 Å². The molecular formula is C20H22N4O4. The molecule has 8 heteroatoms. The third-order valence-electron chi connectivity index (χ3n) is 4.70. The maximum Gasteiger partial charge on any atom is 0.407 e. The highest BCUT2D eigenvalue weighted by molar-refractivity contribution is 5.67. The van der Waals surface area contributed by atoms with Crippen molar-refractivity contribution in [1.29, 1.82) is 0 Å². The van der Waals surface area contributed by atoms with E-state index in [1.807, 2.05) is 36.4 Å². The van der Waals surface area contributed by atoms with E-state index in [0.29, 0.717) is 25.7 Å². The third-order valence-corrected chi connectivity index (χ3v) is 4.70. The van der Waals surface area contributed by atoms with E-state index in [-0.39, 0.29) is 18.2 Å². The van der Waals surface area contributed by atoms with Crippen LogP contribution in [0.25, 0.3) is 11.3 Å². The molecule has 0 spiro atoms. The first-order valence-electron chi connectivity index (χ1n) is 9.18. The number of nitrogens with zero attached hydrogens (tertiary/aromatic N) is 2. The molecule has 1 aromatic carbocycles. The van der Waals surface area contributed by atoms with Crippen molar-refractivity contribution in [3.8, 4) is 11.3 Å².